The quantitative estimate of drug-likeness (QED) is 0.389. The van der Waals surface area contributed by atoms with E-state index >= 15 is 0 Å². The van der Waals surface area contributed by atoms with E-state index in [0.717, 1.165) is 16.8 Å². The Labute approximate surface area is 223 Å². The SMILES string of the molecule is Cc1cccc(NC(=O)N[C@H](COCc2ccccc2)C(=O)N2CCC(C(=O)Nc3ccccc3)CC2)c1. The largest absolute Gasteiger partial charge is 0.374 e. The van der Waals surface area contributed by atoms with E-state index in [-0.39, 0.29) is 24.3 Å². The summed E-state index contributed by atoms with van der Waals surface area (Å²) in [4.78, 5) is 40.6. The Bertz CT molecular complexity index is 1210. The van der Waals surface area contributed by atoms with Gasteiger partial charge in [-0.25, -0.2) is 4.79 Å². The van der Waals surface area contributed by atoms with Gasteiger partial charge in [-0.15, -0.1) is 0 Å². The van der Waals surface area contributed by atoms with Crippen LogP contribution in [0.5, 0.6) is 0 Å². The lowest BCUT2D eigenvalue weighted by Gasteiger charge is -2.34. The highest BCUT2D eigenvalue weighted by Gasteiger charge is 2.32. The molecule has 0 aliphatic carbocycles. The Hall–Kier alpha value is -4.17. The zero-order valence-electron chi connectivity index (χ0n) is 21.6. The summed E-state index contributed by atoms with van der Waals surface area (Å²) in [5.74, 6) is -0.439. The van der Waals surface area contributed by atoms with Crippen LogP contribution in [0.1, 0.15) is 24.0 Å². The Morgan fingerprint density at radius 1 is 0.868 bits per heavy atom. The molecule has 198 valence electrons. The third kappa shape index (κ3) is 7.91. The standard InChI is InChI=1S/C30H34N4O4/c1-22-9-8-14-26(19-22)32-30(37)33-27(21-38-20-23-10-4-2-5-11-23)29(36)34-17-15-24(16-18-34)28(35)31-25-12-6-3-7-13-25/h2-14,19,24,27H,15-18,20-21H2,1H3,(H,31,35)(H2,32,33,37)/t27-/m1/s1. The predicted molar refractivity (Wildman–Crippen MR) is 148 cm³/mol. The van der Waals surface area contributed by atoms with Crippen LogP contribution in [0.25, 0.3) is 0 Å². The second-order valence-corrected chi connectivity index (χ2v) is 9.48. The molecule has 0 aromatic heterocycles. The highest BCUT2D eigenvalue weighted by Crippen LogP contribution is 2.20. The molecule has 0 spiro atoms. The molecule has 3 N–H and O–H groups in total. The molecule has 1 aliphatic heterocycles. The summed E-state index contributed by atoms with van der Waals surface area (Å²) in [6.45, 7) is 3.16. The molecule has 0 radical (unpaired) electrons. The van der Waals surface area contributed by atoms with Crippen LogP contribution in [0.2, 0.25) is 0 Å². The molecular weight excluding hydrogens is 480 g/mol. The first-order chi connectivity index (χ1) is 18.5. The number of piperidine rings is 1. The van der Waals surface area contributed by atoms with E-state index in [1.54, 1.807) is 11.0 Å². The number of hydrogen-bond donors (Lipinski definition) is 3. The van der Waals surface area contributed by atoms with Crippen molar-refractivity contribution in [3.05, 3.63) is 96.1 Å². The monoisotopic (exact) mass is 514 g/mol. The molecule has 3 aromatic rings. The van der Waals surface area contributed by atoms with Gasteiger partial charge in [-0.3, -0.25) is 9.59 Å². The Morgan fingerprint density at radius 3 is 2.21 bits per heavy atom. The summed E-state index contributed by atoms with van der Waals surface area (Å²) in [5.41, 5.74) is 3.40. The maximum absolute atomic E-state index is 13.5. The fourth-order valence-corrected chi connectivity index (χ4v) is 4.44. The molecule has 1 saturated heterocycles. The maximum Gasteiger partial charge on any atom is 0.319 e. The van der Waals surface area contributed by atoms with Crippen molar-refractivity contribution in [2.24, 2.45) is 5.92 Å². The molecule has 8 nitrogen and oxygen atoms in total. The van der Waals surface area contributed by atoms with E-state index in [0.29, 0.717) is 38.2 Å². The maximum atomic E-state index is 13.5. The Kier molecular flexibility index (Phi) is 9.48. The highest BCUT2D eigenvalue weighted by molar-refractivity contribution is 5.94. The van der Waals surface area contributed by atoms with Gasteiger partial charge < -0.3 is 25.6 Å². The van der Waals surface area contributed by atoms with Crippen LogP contribution in [0.3, 0.4) is 0 Å². The summed E-state index contributed by atoms with van der Waals surface area (Å²) < 4.78 is 5.84. The van der Waals surface area contributed by atoms with E-state index in [9.17, 15) is 14.4 Å². The molecular formula is C30H34N4O4. The normalized spacial score (nSPS) is 14.4. The van der Waals surface area contributed by atoms with Gasteiger partial charge in [-0.1, -0.05) is 60.7 Å². The number of ether oxygens (including phenoxy) is 1. The molecule has 8 heteroatoms. The highest BCUT2D eigenvalue weighted by atomic mass is 16.5. The number of nitrogens with one attached hydrogen (secondary N) is 3. The molecule has 1 fully saturated rings. The molecule has 1 heterocycles. The number of carbonyl (C=O) groups excluding carboxylic acids is 3. The van der Waals surface area contributed by atoms with Crippen molar-refractivity contribution in [2.75, 3.05) is 30.3 Å². The zero-order chi connectivity index (χ0) is 26.7. The van der Waals surface area contributed by atoms with Gasteiger partial charge in [0.2, 0.25) is 11.8 Å². The van der Waals surface area contributed by atoms with Gasteiger partial charge >= 0.3 is 6.03 Å². The summed E-state index contributed by atoms with van der Waals surface area (Å²) in [5, 5.41) is 8.53. The molecule has 38 heavy (non-hydrogen) atoms. The van der Waals surface area contributed by atoms with Crippen molar-refractivity contribution in [3.63, 3.8) is 0 Å². The number of urea groups is 1. The predicted octanol–water partition coefficient (Wildman–Crippen LogP) is 4.58. The number of hydrogen-bond acceptors (Lipinski definition) is 4. The summed E-state index contributed by atoms with van der Waals surface area (Å²) >= 11 is 0. The second kappa shape index (κ2) is 13.4. The van der Waals surface area contributed by atoms with E-state index in [1.807, 2.05) is 85.8 Å². The van der Waals surface area contributed by atoms with E-state index in [2.05, 4.69) is 16.0 Å². The summed E-state index contributed by atoms with van der Waals surface area (Å²) in [6, 6.07) is 25.1. The van der Waals surface area contributed by atoms with Crippen LogP contribution in [0.15, 0.2) is 84.9 Å². The van der Waals surface area contributed by atoms with E-state index in [4.69, 9.17) is 4.74 Å². The van der Waals surface area contributed by atoms with Gasteiger partial charge in [0.1, 0.15) is 6.04 Å². The van der Waals surface area contributed by atoms with Crippen LogP contribution in [0, 0.1) is 12.8 Å². The summed E-state index contributed by atoms with van der Waals surface area (Å²) in [7, 11) is 0. The third-order valence-electron chi connectivity index (χ3n) is 6.49. The lowest BCUT2D eigenvalue weighted by atomic mass is 9.95. The van der Waals surface area contributed by atoms with Crippen molar-refractivity contribution in [2.45, 2.75) is 32.4 Å². The Balaban J connectivity index is 1.34. The van der Waals surface area contributed by atoms with E-state index in [1.165, 1.54) is 0 Å². The number of rotatable bonds is 9. The number of nitrogens with zero attached hydrogens (tertiary/aromatic N) is 1. The molecule has 0 saturated carbocycles. The second-order valence-electron chi connectivity index (χ2n) is 9.48. The molecule has 3 aromatic carbocycles. The fourth-order valence-electron chi connectivity index (χ4n) is 4.44. The third-order valence-corrected chi connectivity index (χ3v) is 6.49. The minimum absolute atomic E-state index is 0.0311. The number of anilines is 2. The number of aryl methyl sites for hydroxylation is 1. The van der Waals surface area contributed by atoms with Gasteiger partial charge in [0.05, 0.1) is 13.2 Å². The molecule has 0 bridgehead atoms. The number of benzene rings is 3. The first-order valence-electron chi connectivity index (χ1n) is 12.9. The smallest absolute Gasteiger partial charge is 0.319 e. The van der Waals surface area contributed by atoms with Crippen molar-refractivity contribution in [1.82, 2.24) is 10.2 Å². The average Bonchev–Trinajstić information content (AvgIpc) is 2.93. The van der Waals surface area contributed by atoms with Crippen LogP contribution in [-0.4, -0.2) is 48.5 Å². The fraction of sp³-hybridized carbons (Fsp3) is 0.300. The zero-order valence-corrected chi connectivity index (χ0v) is 21.6. The van der Waals surface area contributed by atoms with Crippen LogP contribution >= 0.6 is 0 Å². The van der Waals surface area contributed by atoms with Crippen LogP contribution < -0.4 is 16.0 Å². The number of amides is 4. The molecule has 0 unspecified atom stereocenters. The summed E-state index contributed by atoms with van der Waals surface area (Å²) in [6.07, 6.45) is 1.11. The van der Waals surface area contributed by atoms with Gasteiger partial charge in [0.25, 0.3) is 0 Å². The van der Waals surface area contributed by atoms with Crippen molar-refractivity contribution < 1.29 is 19.1 Å². The molecule has 4 rings (SSSR count). The first kappa shape index (κ1) is 26.9. The average molecular weight is 515 g/mol. The van der Waals surface area contributed by atoms with Gasteiger partial charge in [-0.05, 0) is 55.2 Å². The lowest BCUT2D eigenvalue weighted by Crippen LogP contribution is -2.54. The van der Waals surface area contributed by atoms with Crippen molar-refractivity contribution >= 4 is 29.2 Å². The number of likely N-dealkylation sites (tertiary alicyclic amines) is 1. The van der Waals surface area contributed by atoms with E-state index < -0.39 is 12.1 Å². The first-order valence-corrected chi connectivity index (χ1v) is 12.9. The number of carbonyl (C=O) groups is 3. The van der Waals surface area contributed by atoms with Gasteiger partial charge in [-0.2, -0.15) is 0 Å². The number of para-hydroxylation sites is 1. The molecule has 1 atom stereocenters. The van der Waals surface area contributed by atoms with Crippen molar-refractivity contribution in [3.8, 4) is 0 Å². The van der Waals surface area contributed by atoms with Crippen LogP contribution in [-0.2, 0) is 20.9 Å². The van der Waals surface area contributed by atoms with Crippen LogP contribution in [0.4, 0.5) is 16.2 Å². The lowest BCUT2D eigenvalue weighted by molar-refractivity contribution is -0.137. The van der Waals surface area contributed by atoms with Crippen molar-refractivity contribution in [1.29, 1.82) is 0 Å². The molecule has 1 aliphatic rings. The minimum Gasteiger partial charge on any atom is -0.374 e. The van der Waals surface area contributed by atoms with Gasteiger partial charge in [0, 0.05) is 30.4 Å². The molecule has 4 amide bonds. The van der Waals surface area contributed by atoms with Gasteiger partial charge in [0.15, 0.2) is 0 Å². The minimum atomic E-state index is -0.863. The Morgan fingerprint density at radius 2 is 1.53 bits per heavy atom. The topological polar surface area (TPSA) is 99.8 Å².